The van der Waals surface area contributed by atoms with E-state index in [4.69, 9.17) is 4.74 Å². The van der Waals surface area contributed by atoms with Crippen LogP contribution in [-0.4, -0.2) is 48.3 Å². The minimum atomic E-state index is 0.778. The van der Waals surface area contributed by atoms with Crippen molar-refractivity contribution < 1.29 is 9.31 Å². The molecule has 1 rings (SSSR count). The van der Waals surface area contributed by atoms with Crippen LogP contribution in [0.5, 0.6) is 0 Å². The van der Waals surface area contributed by atoms with E-state index in [0.717, 1.165) is 33.0 Å². The second-order valence-corrected chi connectivity index (χ2v) is 6.61. The van der Waals surface area contributed by atoms with Crippen LogP contribution in [0.25, 0.3) is 0 Å². The first-order chi connectivity index (χ1) is 10.8. The van der Waals surface area contributed by atoms with Gasteiger partial charge in [-0.15, -0.1) is 0 Å². The fraction of sp³-hybridized carbons (Fsp3) is 0.947. The molecule has 0 aliphatic carbocycles. The molecule has 0 amide bonds. The third-order valence-corrected chi connectivity index (χ3v) is 4.83. The molecule has 130 valence electrons. The number of amidine groups is 1. The number of ether oxygens (including phenoxy) is 1. The molecule has 0 spiro atoms. The van der Waals surface area contributed by atoms with Gasteiger partial charge in [-0.3, -0.25) is 4.90 Å². The first-order valence-corrected chi connectivity index (χ1v) is 9.70. The molecule has 0 saturated carbocycles. The molecule has 0 aromatic rings. The smallest absolute Gasteiger partial charge is 0.245 e. The molecular formula is C19H39N2O+. The highest BCUT2D eigenvalue weighted by Gasteiger charge is 2.24. The number of rotatable bonds is 14. The van der Waals surface area contributed by atoms with E-state index in [0.29, 0.717) is 0 Å². The molecule has 3 nitrogen and oxygen atoms in total. The van der Waals surface area contributed by atoms with E-state index < -0.39 is 0 Å². The van der Waals surface area contributed by atoms with E-state index in [2.05, 4.69) is 30.2 Å². The molecule has 3 heteroatoms. The summed E-state index contributed by atoms with van der Waals surface area (Å²) in [6, 6.07) is 0. The third-order valence-electron chi connectivity index (χ3n) is 4.83. The third kappa shape index (κ3) is 8.17. The lowest BCUT2D eigenvalue weighted by Gasteiger charge is -2.07. The number of likely N-dealkylation sites (N-methyl/N-ethyl adjacent to an activating group) is 1. The largest absolute Gasteiger partial charge is 0.342 e. The van der Waals surface area contributed by atoms with Crippen LogP contribution in [0.1, 0.15) is 85.0 Å². The maximum atomic E-state index is 5.83. The van der Waals surface area contributed by atoms with Crippen molar-refractivity contribution in [2.75, 3.05) is 33.0 Å². The van der Waals surface area contributed by atoms with Gasteiger partial charge in [-0.05, 0) is 13.3 Å². The highest BCUT2D eigenvalue weighted by molar-refractivity contribution is 5.75. The summed E-state index contributed by atoms with van der Waals surface area (Å²) < 4.78 is 8.19. The Balaban J connectivity index is 1.85. The van der Waals surface area contributed by atoms with Crippen LogP contribution in [0.3, 0.4) is 0 Å². The van der Waals surface area contributed by atoms with E-state index in [9.17, 15) is 0 Å². The van der Waals surface area contributed by atoms with Gasteiger partial charge in [-0.25, -0.2) is 4.58 Å². The van der Waals surface area contributed by atoms with E-state index in [1.165, 1.54) is 70.0 Å². The maximum absolute atomic E-state index is 5.83. The van der Waals surface area contributed by atoms with Gasteiger partial charge in [0.15, 0.2) is 6.73 Å². The molecule has 0 bridgehead atoms. The Morgan fingerprint density at radius 2 is 1.50 bits per heavy atom. The first kappa shape index (κ1) is 19.5. The second kappa shape index (κ2) is 12.9. The average Bonchev–Trinajstić information content (AvgIpc) is 2.88. The van der Waals surface area contributed by atoms with Gasteiger partial charge in [-0.1, -0.05) is 64.7 Å². The Morgan fingerprint density at radius 1 is 0.909 bits per heavy atom. The number of hydrogen-bond donors (Lipinski definition) is 0. The van der Waals surface area contributed by atoms with Crippen molar-refractivity contribution in [2.45, 2.75) is 85.0 Å². The lowest BCUT2D eigenvalue weighted by Crippen LogP contribution is -2.27. The van der Waals surface area contributed by atoms with Crippen LogP contribution in [0.15, 0.2) is 0 Å². The van der Waals surface area contributed by atoms with Gasteiger partial charge in [0, 0.05) is 6.92 Å². The van der Waals surface area contributed by atoms with Gasteiger partial charge >= 0.3 is 0 Å². The lowest BCUT2D eigenvalue weighted by molar-refractivity contribution is -0.560. The topological polar surface area (TPSA) is 15.5 Å². The zero-order valence-corrected chi connectivity index (χ0v) is 15.4. The molecule has 0 saturated heterocycles. The maximum Gasteiger partial charge on any atom is 0.245 e. The summed E-state index contributed by atoms with van der Waals surface area (Å²) in [6.07, 6.45) is 13.9. The molecule has 0 unspecified atom stereocenters. The standard InChI is InChI=1S/C19H39N2O/c1-4-6-7-8-9-10-11-12-13-14-17-22-18-21-16-15-20(5-2)19(21)3/h4-18H2,1-3H3/q+1. The zero-order valence-electron chi connectivity index (χ0n) is 15.4. The summed E-state index contributed by atoms with van der Waals surface area (Å²) >= 11 is 0. The molecule has 1 aliphatic rings. The van der Waals surface area contributed by atoms with Crippen LogP contribution in [0.4, 0.5) is 0 Å². The quantitative estimate of drug-likeness (QED) is 0.343. The summed E-state index contributed by atoms with van der Waals surface area (Å²) in [7, 11) is 0. The number of unbranched alkanes of at least 4 members (excludes halogenated alkanes) is 9. The van der Waals surface area contributed by atoms with Gasteiger partial charge in [-0.2, -0.15) is 0 Å². The number of nitrogens with zero attached hydrogens (tertiary/aromatic N) is 2. The summed E-state index contributed by atoms with van der Waals surface area (Å²) in [5.41, 5.74) is 0. The molecule has 0 radical (unpaired) electrons. The molecule has 0 aromatic heterocycles. The Labute approximate surface area is 138 Å². The average molecular weight is 312 g/mol. The van der Waals surface area contributed by atoms with E-state index >= 15 is 0 Å². The van der Waals surface area contributed by atoms with Crippen molar-refractivity contribution in [1.82, 2.24) is 4.90 Å². The molecular weight excluding hydrogens is 272 g/mol. The van der Waals surface area contributed by atoms with Crippen LogP contribution >= 0.6 is 0 Å². The van der Waals surface area contributed by atoms with Gasteiger partial charge in [0.05, 0.1) is 13.2 Å². The van der Waals surface area contributed by atoms with E-state index in [1.807, 2.05) is 0 Å². The highest BCUT2D eigenvalue weighted by Crippen LogP contribution is 2.10. The molecule has 0 N–H and O–H groups in total. The van der Waals surface area contributed by atoms with E-state index in [-0.39, 0.29) is 0 Å². The SMILES string of the molecule is CCCCCCCCCCCCOC[N+]1=C(C)N(CC)CC1. The van der Waals surface area contributed by atoms with Crippen molar-refractivity contribution in [2.24, 2.45) is 0 Å². The lowest BCUT2D eigenvalue weighted by atomic mass is 10.1. The zero-order chi connectivity index (χ0) is 16.0. The van der Waals surface area contributed by atoms with Gasteiger partial charge in [0.1, 0.15) is 13.1 Å². The minimum Gasteiger partial charge on any atom is -0.342 e. The Kier molecular flexibility index (Phi) is 11.4. The highest BCUT2D eigenvalue weighted by atomic mass is 16.5. The fourth-order valence-corrected chi connectivity index (χ4v) is 3.18. The monoisotopic (exact) mass is 311 g/mol. The van der Waals surface area contributed by atoms with Gasteiger partial charge in [0.25, 0.3) is 0 Å². The van der Waals surface area contributed by atoms with Crippen LogP contribution < -0.4 is 0 Å². The van der Waals surface area contributed by atoms with Gasteiger partial charge in [0.2, 0.25) is 5.84 Å². The van der Waals surface area contributed by atoms with Crippen molar-refractivity contribution >= 4 is 5.84 Å². The van der Waals surface area contributed by atoms with Crippen molar-refractivity contribution in [3.63, 3.8) is 0 Å². The summed E-state index contributed by atoms with van der Waals surface area (Å²) in [4.78, 5) is 2.42. The molecule has 22 heavy (non-hydrogen) atoms. The van der Waals surface area contributed by atoms with Crippen LogP contribution in [-0.2, 0) is 4.74 Å². The molecule has 0 fully saturated rings. The first-order valence-electron chi connectivity index (χ1n) is 9.70. The van der Waals surface area contributed by atoms with Crippen molar-refractivity contribution in [3.05, 3.63) is 0 Å². The molecule has 1 aliphatic heterocycles. The fourth-order valence-electron chi connectivity index (χ4n) is 3.18. The molecule has 0 atom stereocenters. The van der Waals surface area contributed by atoms with E-state index in [1.54, 1.807) is 0 Å². The predicted octanol–water partition coefficient (Wildman–Crippen LogP) is 4.65. The van der Waals surface area contributed by atoms with Crippen molar-refractivity contribution in [3.8, 4) is 0 Å². The Bertz CT molecular complexity index is 302. The Morgan fingerprint density at radius 3 is 2.05 bits per heavy atom. The minimum absolute atomic E-state index is 0.778. The van der Waals surface area contributed by atoms with Gasteiger partial charge < -0.3 is 4.74 Å². The second-order valence-electron chi connectivity index (χ2n) is 6.61. The summed E-state index contributed by atoms with van der Waals surface area (Å²) in [5, 5.41) is 0. The predicted molar refractivity (Wildman–Crippen MR) is 95.7 cm³/mol. The summed E-state index contributed by atoms with van der Waals surface area (Å²) in [6.45, 7) is 11.8. The molecule has 1 heterocycles. The summed E-state index contributed by atoms with van der Waals surface area (Å²) in [5.74, 6) is 1.38. The van der Waals surface area contributed by atoms with Crippen LogP contribution in [0.2, 0.25) is 0 Å². The Hall–Kier alpha value is -0.570. The number of hydrogen-bond acceptors (Lipinski definition) is 2. The molecule has 0 aromatic carbocycles. The normalized spacial score (nSPS) is 15.1. The van der Waals surface area contributed by atoms with Crippen molar-refractivity contribution in [1.29, 1.82) is 0 Å². The van der Waals surface area contributed by atoms with Crippen LogP contribution in [0, 0.1) is 0 Å².